The summed E-state index contributed by atoms with van der Waals surface area (Å²) in [5, 5.41) is 5.89. The second-order valence-corrected chi connectivity index (χ2v) is 8.22. The van der Waals surface area contributed by atoms with Gasteiger partial charge in [0.1, 0.15) is 5.82 Å². The smallest absolute Gasteiger partial charge is 0.237 e. The minimum absolute atomic E-state index is 0.00213. The molecule has 0 unspecified atom stereocenters. The summed E-state index contributed by atoms with van der Waals surface area (Å²) in [6.45, 7) is 6.40. The van der Waals surface area contributed by atoms with Crippen LogP contribution in [0.25, 0.3) is 16.6 Å². The molecule has 0 spiro atoms. The van der Waals surface area contributed by atoms with Crippen molar-refractivity contribution >= 4 is 39.9 Å². The molecule has 166 valence electrons. The van der Waals surface area contributed by atoms with Gasteiger partial charge >= 0.3 is 0 Å². The van der Waals surface area contributed by atoms with Gasteiger partial charge in [0, 0.05) is 23.7 Å². The van der Waals surface area contributed by atoms with Gasteiger partial charge in [0.05, 0.1) is 25.5 Å². The van der Waals surface area contributed by atoms with Gasteiger partial charge in [-0.3, -0.25) is 4.79 Å². The molecule has 0 fully saturated rings. The van der Waals surface area contributed by atoms with Crippen LogP contribution in [0.3, 0.4) is 0 Å². The Hall–Kier alpha value is -3.33. The second-order valence-electron chi connectivity index (χ2n) is 7.28. The largest absolute Gasteiger partial charge is 0.493 e. The number of methoxy groups -OCH3 is 2. The van der Waals surface area contributed by atoms with E-state index in [-0.39, 0.29) is 11.7 Å². The minimum atomic E-state index is 0.00213. The third kappa shape index (κ3) is 4.08. The van der Waals surface area contributed by atoms with Crippen LogP contribution in [0.4, 0.5) is 5.69 Å². The Kier molecular flexibility index (Phi) is 6.18. The van der Waals surface area contributed by atoms with Crippen molar-refractivity contribution in [3.05, 3.63) is 47.8 Å². The van der Waals surface area contributed by atoms with Gasteiger partial charge in [-0.05, 0) is 44.5 Å². The molecule has 0 N–H and O–H groups in total. The van der Waals surface area contributed by atoms with Crippen molar-refractivity contribution in [2.45, 2.75) is 25.9 Å². The number of anilines is 1. The Morgan fingerprint density at radius 3 is 2.53 bits per heavy atom. The van der Waals surface area contributed by atoms with E-state index in [0.29, 0.717) is 40.2 Å². The fourth-order valence-corrected chi connectivity index (χ4v) is 4.43. The zero-order valence-corrected chi connectivity index (χ0v) is 19.6. The molecule has 9 heteroatoms. The first-order chi connectivity index (χ1) is 15.4. The number of rotatable bonds is 7. The van der Waals surface area contributed by atoms with E-state index in [9.17, 15) is 4.79 Å². The van der Waals surface area contributed by atoms with Gasteiger partial charge in [-0.15, -0.1) is 5.10 Å². The van der Waals surface area contributed by atoms with E-state index in [0.717, 1.165) is 16.6 Å². The van der Waals surface area contributed by atoms with Gasteiger partial charge < -0.3 is 14.4 Å². The lowest BCUT2D eigenvalue weighted by atomic mass is 10.2. The van der Waals surface area contributed by atoms with Crippen LogP contribution in [-0.2, 0) is 4.79 Å². The molecule has 0 aliphatic carbocycles. The van der Waals surface area contributed by atoms with Gasteiger partial charge in [0.2, 0.25) is 5.91 Å². The molecule has 0 atom stereocenters. The Labute approximate surface area is 190 Å². The van der Waals surface area contributed by atoms with Crippen molar-refractivity contribution in [3.8, 4) is 11.5 Å². The predicted octanol–water partition coefficient (Wildman–Crippen LogP) is 4.06. The number of fused-ring (bicyclic) bond motifs is 3. The third-order valence-corrected chi connectivity index (χ3v) is 6.02. The van der Waals surface area contributed by atoms with Crippen LogP contribution in [0.5, 0.6) is 11.5 Å². The highest BCUT2D eigenvalue weighted by Crippen LogP contribution is 2.34. The number of carbonyl (C=O) groups excluding carboxylic acids is 1. The van der Waals surface area contributed by atoms with E-state index in [2.05, 4.69) is 10.1 Å². The van der Waals surface area contributed by atoms with Gasteiger partial charge in [-0.2, -0.15) is 4.52 Å². The van der Waals surface area contributed by atoms with Crippen LogP contribution in [0.1, 0.15) is 18.3 Å². The summed E-state index contributed by atoms with van der Waals surface area (Å²) < 4.78 is 12.5. The van der Waals surface area contributed by atoms with Crippen LogP contribution in [0.2, 0.25) is 0 Å². The molecule has 4 aromatic rings. The Balaban J connectivity index is 1.69. The number of benzene rings is 2. The molecular formula is C23H25N5O3S. The molecule has 2 aromatic carbocycles. The summed E-state index contributed by atoms with van der Waals surface area (Å²) in [4.78, 5) is 24.2. The summed E-state index contributed by atoms with van der Waals surface area (Å²) in [6.07, 6.45) is 0. The maximum atomic E-state index is 13.0. The van der Waals surface area contributed by atoms with E-state index in [1.165, 1.54) is 11.8 Å². The molecule has 4 rings (SSSR count). The van der Waals surface area contributed by atoms with Crippen LogP contribution in [0, 0.1) is 13.8 Å². The highest BCUT2D eigenvalue weighted by atomic mass is 32.2. The lowest BCUT2D eigenvalue weighted by molar-refractivity contribution is -0.116. The fourth-order valence-electron chi connectivity index (χ4n) is 3.61. The molecule has 0 saturated carbocycles. The van der Waals surface area contributed by atoms with Crippen LogP contribution >= 0.6 is 11.8 Å². The molecule has 1 amide bonds. The molecule has 0 radical (unpaired) electrons. The molecule has 0 bridgehead atoms. The summed E-state index contributed by atoms with van der Waals surface area (Å²) in [7, 11) is 3.18. The number of amides is 1. The van der Waals surface area contributed by atoms with Crippen molar-refractivity contribution in [1.29, 1.82) is 0 Å². The molecule has 0 aliphatic heterocycles. The molecule has 2 heterocycles. The minimum Gasteiger partial charge on any atom is -0.493 e. The zero-order chi connectivity index (χ0) is 22.8. The molecule has 8 nitrogen and oxygen atoms in total. The number of thioether (sulfide) groups is 1. The number of carbonyl (C=O) groups is 1. The number of aryl methyl sites for hydroxylation is 2. The van der Waals surface area contributed by atoms with Gasteiger partial charge in [0.15, 0.2) is 22.3 Å². The predicted molar refractivity (Wildman–Crippen MR) is 126 cm³/mol. The van der Waals surface area contributed by atoms with Gasteiger partial charge in [-0.1, -0.05) is 23.9 Å². The molecule has 0 aliphatic rings. The van der Waals surface area contributed by atoms with Crippen LogP contribution < -0.4 is 14.4 Å². The van der Waals surface area contributed by atoms with Gasteiger partial charge in [0.25, 0.3) is 0 Å². The number of hydrogen-bond donors (Lipinski definition) is 0. The third-order valence-electron chi connectivity index (χ3n) is 5.11. The fraction of sp³-hybridized carbons (Fsp3) is 0.304. The number of hydrogen-bond acceptors (Lipinski definition) is 7. The van der Waals surface area contributed by atoms with Crippen molar-refractivity contribution in [3.63, 3.8) is 0 Å². The summed E-state index contributed by atoms with van der Waals surface area (Å²) in [6, 6.07) is 11.6. The zero-order valence-electron chi connectivity index (χ0n) is 18.7. The first-order valence-corrected chi connectivity index (χ1v) is 11.2. The quantitative estimate of drug-likeness (QED) is 0.310. The van der Waals surface area contributed by atoms with Crippen molar-refractivity contribution in [1.82, 2.24) is 19.6 Å². The standard InChI is InChI=1S/C23H25N5O3S/c1-6-27(16-9-7-8-14(2)10-16)21(29)13-32-23-25-18-12-20(31-5)19(30-4)11-17(18)22-24-15(3)26-28(22)23/h7-12H,6,13H2,1-5H3. The monoisotopic (exact) mass is 451 g/mol. The number of nitrogens with zero attached hydrogens (tertiary/aromatic N) is 5. The summed E-state index contributed by atoms with van der Waals surface area (Å²) in [5.74, 6) is 2.02. The van der Waals surface area contributed by atoms with Crippen LogP contribution in [-0.4, -0.2) is 52.0 Å². The van der Waals surface area contributed by atoms with Crippen molar-refractivity contribution < 1.29 is 14.3 Å². The molecular weight excluding hydrogens is 426 g/mol. The van der Waals surface area contributed by atoms with E-state index in [1.54, 1.807) is 23.6 Å². The first-order valence-electron chi connectivity index (χ1n) is 10.2. The van der Waals surface area contributed by atoms with Gasteiger partial charge in [-0.25, -0.2) is 9.97 Å². The Morgan fingerprint density at radius 2 is 1.84 bits per heavy atom. The van der Waals surface area contributed by atoms with E-state index in [4.69, 9.17) is 14.5 Å². The highest BCUT2D eigenvalue weighted by molar-refractivity contribution is 7.99. The maximum Gasteiger partial charge on any atom is 0.237 e. The van der Waals surface area contributed by atoms with Crippen molar-refractivity contribution in [2.75, 3.05) is 31.4 Å². The van der Waals surface area contributed by atoms with E-state index in [1.807, 2.05) is 57.2 Å². The summed E-state index contributed by atoms with van der Waals surface area (Å²) in [5.41, 5.74) is 3.36. The SMILES string of the molecule is CCN(C(=O)CSc1nc2cc(OC)c(OC)cc2c2nc(C)nn12)c1cccc(C)c1. The van der Waals surface area contributed by atoms with E-state index < -0.39 is 0 Å². The molecule has 2 aromatic heterocycles. The molecule has 32 heavy (non-hydrogen) atoms. The summed E-state index contributed by atoms with van der Waals surface area (Å²) >= 11 is 1.34. The average molecular weight is 452 g/mol. The second kappa shape index (κ2) is 9.04. The molecule has 0 saturated heterocycles. The Morgan fingerprint density at radius 1 is 1.09 bits per heavy atom. The van der Waals surface area contributed by atoms with Crippen molar-refractivity contribution in [2.24, 2.45) is 0 Å². The first kappa shape index (κ1) is 21.9. The Bertz CT molecular complexity index is 1300. The number of ether oxygens (including phenoxy) is 2. The normalized spacial score (nSPS) is 11.2. The number of aromatic nitrogens is 4. The van der Waals surface area contributed by atoms with Crippen LogP contribution in [0.15, 0.2) is 41.6 Å². The maximum absolute atomic E-state index is 13.0. The van der Waals surface area contributed by atoms with E-state index >= 15 is 0 Å². The lowest BCUT2D eigenvalue weighted by Gasteiger charge is -2.21. The topological polar surface area (TPSA) is 81.9 Å². The average Bonchev–Trinajstić information content (AvgIpc) is 3.18. The highest BCUT2D eigenvalue weighted by Gasteiger charge is 2.19. The lowest BCUT2D eigenvalue weighted by Crippen LogP contribution is -2.32.